The zero-order valence-electron chi connectivity index (χ0n) is 19.5. The van der Waals surface area contributed by atoms with Crippen LogP contribution in [-0.2, 0) is 13.1 Å². The average molecular weight is 475 g/mol. The molecule has 0 fully saturated rings. The van der Waals surface area contributed by atoms with Gasteiger partial charge in [-0.25, -0.2) is 9.78 Å². The van der Waals surface area contributed by atoms with Crippen molar-refractivity contribution in [3.63, 3.8) is 0 Å². The molecule has 0 saturated heterocycles. The lowest BCUT2D eigenvalue weighted by atomic mass is 10.1. The van der Waals surface area contributed by atoms with Crippen LogP contribution in [0.15, 0.2) is 71.5 Å². The van der Waals surface area contributed by atoms with Crippen LogP contribution in [0.2, 0.25) is 5.02 Å². The number of aromatic nitrogens is 4. The summed E-state index contributed by atoms with van der Waals surface area (Å²) in [7, 11) is 1.59. The Hall–Kier alpha value is -3.51. The van der Waals surface area contributed by atoms with E-state index in [0.717, 1.165) is 40.9 Å². The first-order valence-electron chi connectivity index (χ1n) is 11.5. The number of rotatable bonds is 7. The minimum atomic E-state index is -0.163. The monoisotopic (exact) mass is 474 g/mol. The number of fused-ring (bicyclic) bond motifs is 2. The first-order valence-corrected chi connectivity index (χ1v) is 11.8. The second-order valence-corrected chi connectivity index (χ2v) is 9.30. The number of hydrogen-bond acceptors (Lipinski definition) is 3. The SMILES string of the molecule is COc1ccc(Cl)cc1-n1c(=O)n(Cc2nc3ccccc3n2CCC(C)C)c2ccccc21. The number of aryl methyl sites for hydroxylation is 1. The number of para-hydroxylation sites is 4. The van der Waals surface area contributed by atoms with Gasteiger partial charge in [-0.05, 0) is 54.8 Å². The molecular weight excluding hydrogens is 448 g/mol. The summed E-state index contributed by atoms with van der Waals surface area (Å²) in [6.07, 6.45) is 1.03. The Balaban J connectivity index is 1.70. The van der Waals surface area contributed by atoms with Crippen molar-refractivity contribution in [3.8, 4) is 11.4 Å². The van der Waals surface area contributed by atoms with Gasteiger partial charge >= 0.3 is 5.69 Å². The Labute approximate surface area is 203 Å². The Kier molecular flexibility index (Phi) is 5.92. The highest BCUT2D eigenvalue weighted by molar-refractivity contribution is 6.30. The molecule has 3 aromatic carbocycles. The van der Waals surface area contributed by atoms with Crippen LogP contribution in [0.4, 0.5) is 0 Å². The zero-order chi connectivity index (χ0) is 23.8. The van der Waals surface area contributed by atoms with Crippen LogP contribution in [-0.4, -0.2) is 25.8 Å². The molecule has 34 heavy (non-hydrogen) atoms. The molecule has 0 saturated carbocycles. The third-order valence-electron chi connectivity index (χ3n) is 6.18. The standard InChI is InChI=1S/C27H27ClN4O2/c1-18(2)14-15-30-21-9-5-4-8-20(21)29-26(30)17-31-22-10-6-7-11-23(22)32(27(31)33)24-16-19(28)12-13-25(24)34-3/h4-13,16,18H,14-15,17H2,1-3H3. The summed E-state index contributed by atoms with van der Waals surface area (Å²) in [4.78, 5) is 18.8. The van der Waals surface area contributed by atoms with Gasteiger partial charge in [0.05, 0.1) is 41.4 Å². The van der Waals surface area contributed by atoms with E-state index in [4.69, 9.17) is 21.3 Å². The van der Waals surface area contributed by atoms with Crippen molar-refractivity contribution in [2.24, 2.45) is 5.92 Å². The number of methoxy groups -OCH3 is 1. The molecule has 2 heterocycles. The third kappa shape index (κ3) is 3.88. The van der Waals surface area contributed by atoms with Crippen LogP contribution in [0.3, 0.4) is 0 Å². The molecule has 0 aliphatic rings. The largest absolute Gasteiger partial charge is 0.495 e. The van der Waals surface area contributed by atoms with E-state index in [1.807, 2.05) is 42.5 Å². The number of benzene rings is 3. The number of nitrogens with zero attached hydrogens (tertiary/aromatic N) is 4. The maximum Gasteiger partial charge on any atom is 0.334 e. The van der Waals surface area contributed by atoms with Gasteiger partial charge in [0.2, 0.25) is 0 Å². The fourth-order valence-corrected chi connectivity index (χ4v) is 4.62. The van der Waals surface area contributed by atoms with Crippen LogP contribution in [0.25, 0.3) is 27.8 Å². The Morgan fingerprint density at radius 2 is 1.65 bits per heavy atom. The molecule has 0 unspecified atom stereocenters. The predicted octanol–water partition coefficient (Wildman–Crippen LogP) is 5.90. The molecule has 7 heteroatoms. The number of ether oxygens (including phenoxy) is 1. The van der Waals surface area contributed by atoms with Crippen LogP contribution < -0.4 is 10.4 Å². The number of hydrogen-bond donors (Lipinski definition) is 0. The molecular formula is C27H27ClN4O2. The highest BCUT2D eigenvalue weighted by atomic mass is 35.5. The molecule has 0 bridgehead atoms. The minimum Gasteiger partial charge on any atom is -0.495 e. The second kappa shape index (κ2) is 9.03. The molecule has 6 nitrogen and oxygen atoms in total. The lowest BCUT2D eigenvalue weighted by Gasteiger charge is -2.12. The van der Waals surface area contributed by atoms with Crippen LogP contribution >= 0.6 is 11.6 Å². The quantitative estimate of drug-likeness (QED) is 0.295. The first kappa shape index (κ1) is 22.3. The normalized spacial score (nSPS) is 11.7. The van der Waals surface area contributed by atoms with Gasteiger partial charge in [-0.2, -0.15) is 0 Å². The smallest absolute Gasteiger partial charge is 0.334 e. The lowest BCUT2D eigenvalue weighted by Crippen LogP contribution is -2.25. The van der Waals surface area contributed by atoms with Gasteiger partial charge in [-0.1, -0.05) is 49.7 Å². The van der Waals surface area contributed by atoms with Gasteiger partial charge in [0, 0.05) is 11.6 Å². The molecule has 0 aliphatic carbocycles. The highest BCUT2D eigenvalue weighted by Gasteiger charge is 2.20. The van der Waals surface area contributed by atoms with Gasteiger partial charge in [-0.3, -0.25) is 9.13 Å². The molecule has 174 valence electrons. The Bertz CT molecular complexity index is 1540. The molecule has 2 aromatic heterocycles. The van der Waals surface area contributed by atoms with E-state index in [0.29, 0.717) is 28.9 Å². The molecule has 0 N–H and O–H groups in total. The van der Waals surface area contributed by atoms with Crippen molar-refractivity contribution < 1.29 is 4.74 Å². The zero-order valence-corrected chi connectivity index (χ0v) is 20.3. The van der Waals surface area contributed by atoms with Crippen molar-refractivity contribution in [1.82, 2.24) is 18.7 Å². The van der Waals surface area contributed by atoms with E-state index < -0.39 is 0 Å². The third-order valence-corrected chi connectivity index (χ3v) is 6.42. The summed E-state index contributed by atoms with van der Waals surface area (Å²) in [5.41, 5.74) is 4.10. The molecule has 0 aliphatic heterocycles. The summed E-state index contributed by atoms with van der Waals surface area (Å²) >= 11 is 6.30. The van der Waals surface area contributed by atoms with Crippen LogP contribution in [0.5, 0.6) is 5.75 Å². The summed E-state index contributed by atoms with van der Waals surface area (Å²) in [6.45, 7) is 5.65. The summed E-state index contributed by atoms with van der Waals surface area (Å²) in [5.74, 6) is 2.01. The van der Waals surface area contributed by atoms with Gasteiger partial charge in [0.25, 0.3) is 0 Å². The minimum absolute atomic E-state index is 0.163. The van der Waals surface area contributed by atoms with E-state index >= 15 is 0 Å². The second-order valence-electron chi connectivity index (χ2n) is 8.86. The van der Waals surface area contributed by atoms with E-state index in [1.54, 1.807) is 34.4 Å². The van der Waals surface area contributed by atoms with Crippen LogP contribution in [0.1, 0.15) is 26.1 Å². The van der Waals surface area contributed by atoms with E-state index in [2.05, 4.69) is 24.5 Å². The van der Waals surface area contributed by atoms with E-state index in [9.17, 15) is 4.79 Å². The fraction of sp³-hybridized carbons (Fsp3) is 0.259. The Morgan fingerprint density at radius 1 is 0.941 bits per heavy atom. The summed E-state index contributed by atoms with van der Waals surface area (Å²) in [5, 5.41) is 0.537. The molecule has 0 radical (unpaired) electrons. The lowest BCUT2D eigenvalue weighted by molar-refractivity contribution is 0.412. The van der Waals surface area contributed by atoms with Crippen molar-refractivity contribution in [2.75, 3.05) is 7.11 Å². The summed E-state index contributed by atoms with van der Waals surface area (Å²) in [6, 6.07) is 21.2. The molecule has 5 rings (SSSR count). The molecule has 0 spiro atoms. The van der Waals surface area contributed by atoms with Gasteiger partial charge in [0.15, 0.2) is 0 Å². The van der Waals surface area contributed by atoms with Crippen molar-refractivity contribution in [2.45, 2.75) is 33.4 Å². The van der Waals surface area contributed by atoms with Crippen molar-refractivity contribution in [1.29, 1.82) is 0 Å². The average Bonchev–Trinajstić information content (AvgIpc) is 3.32. The maximum atomic E-state index is 13.9. The fourth-order valence-electron chi connectivity index (χ4n) is 4.46. The topological polar surface area (TPSA) is 54.0 Å². The molecule has 5 aromatic rings. The predicted molar refractivity (Wildman–Crippen MR) is 137 cm³/mol. The van der Waals surface area contributed by atoms with E-state index in [-0.39, 0.29) is 5.69 Å². The first-order chi connectivity index (χ1) is 16.5. The van der Waals surface area contributed by atoms with E-state index in [1.165, 1.54) is 0 Å². The number of halogens is 1. The van der Waals surface area contributed by atoms with Crippen molar-refractivity contribution in [3.05, 3.63) is 88.1 Å². The highest BCUT2D eigenvalue weighted by Crippen LogP contribution is 2.29. The number of imidazole rings is 2. The Morgan fingerprint density at radius 3 is 2.38 bits per heavy atom. The maximum absolute atomic E-state index is 13.9. The van der Waals surface area contributed by atoms with Crippen molar-refractivity contribution >= 4 is 33.7 Å². The van der Waals surface area contributed by atoms with Gasteiger partial charge < -0.3 is 9.30 Å². The van der Waals surface area contributed by atoms with Gasteiger partial charge in [0.1, 0.15) is 11.6 Å². The van der Waals surface area contributed by atoms with Gasteiger partial charge in [-0.15, -0.1) is 0 Å². The molecule has 0 atom stereocenters. The molecule has 0 amide bonds. The summed E-state index contributed by atoms with van der Waals surface area (Å²) < 4.78 is 11.2. The van der Waals surface area contributed by atoms with Crippen LogP contribution in [0, 0.1) is 5.92 Å².